The molecule has 13 heavy (non-hydrogen) atoms. The van der Waals surface area contributed by atoms with Gasteiger partial charge in [-0.3, -0.25) is 0 Å². The van der Waals surface area contributed by atoms with Crippen molar-refractivity contribution in [2.45, 2.75) is 18.3 Å². The van der Waals surface area contributed by atoms with Crippen LogP contribution < -0.4 is 5.73 Å². The smallest absolute Gasteiger partial charge is 0.255 e. The summed E-state index contributed by atoms with van der Waals surface area (Å²) in [4.78, 5) is 4.01. The predicted molar refractivity (Wildman–Crippen MR) is 50.1 cm³/mol. The molecular formula is C7H13N3O2S. The number of nitrogens with zero attached hydrogens (tertiary/aromatic N) is 2. The zero-order chi connectivity index (χ0) is 9.68. The average Bonchev–Trinajstić information content (AvgIpc) is 2.54. The molecule has 0 aliphatic heterocycles. The van der Waals surface area contributed by atoms with E-state index in [2.05, 4.69) is 10.1 Å². The minimum atomic E-state index is -0.729. The van der Waals surface area contributed by atoms with Crippen LogP contribution in [0.1, 0.15) is 24.2 Å². The Bertz CT molecular complexity index is 254. The van der Waals surface area contributed by atoms with Crippen LogP contribution >= 0.6 is 11.8 Å². The molecule has 0 saturated heterocycles. The first kappa shape index (κ1) is 10.5. The molecule has 0 saturated carbocycles. The van der Waals surface area contributed by atoms with Crippen molar-refractivity contribution in [3.63, 3.8) is 0 Å². The van der Waals surface area contributed by atoms with E-state index in [0.717, 1.165) is 0 Å². The van der Waals surface area contributed by atoms with Crippen LogP contribution in [0.5, 0.6) is 0 Å². The van der Waals surface area contributed by atoms with Crippen LogP contribution in [0, 0.1) is 0 Å². The van der Waals surface area contributed by atoms with E-state index in [-0.39, 0.29) is 5.89 Å². The lowest BCUT2D eigenvalue weighted by molar-refractivity contribution is 0.127. The molecule has 0 spiro atoms. The molecule has 5 nitrogen and oxygen atoms in total. The Morgan fingerprint density at radius 2 is 2.46 bits per heavy atom. The maximum atomic E-state index is 9.42. The van der Waals surface area contributed by atoms with Gasteiger partial charge in [0.15, 0.2) is 5.82 Å². The SMILES string of the molecule is CSCc1noc([C@@H](O)CCN)n1. The van der Waals surface area contributed by atoms with Gasteiger partial charge >= 0.3 is 0 Å². The van der Waals surface area contributed by atoms with Gasteiger partial charge < -0.3 is 15.4 Å². The van der Waals surface area contributed by atoms with Gasteiger partial charge in [0.1, 0.15) is 6.10 Å². The van der Waals surface area contributed by atoms with Crippen molar-refractivity contribution in [1.29, 1.82) is 0 Å². The van der Waals surface area contributed by atoms with Crippen LogP contribution in [0.4, 0.5) is 0 Å². The zero-order valence-electron chi connectivity index (χ0n) is 7.43. The third-order valence-corrected chi connectivity index (χ3v) is 2.03. The number of hydrogen-bond donors (Lipinski definition) is 2. The molecule has 1 rings (SSSR count). The summed E-state index contributed by atoms with van der Waals surface area (Å²) in [5.41, 5.74) is 5.28. The summed E-state index contributed by atoms with van der Waals surface area (Å²) < 4.78 is 4.85. The number of thioether (sulfide) groups is 1. The second-order valence-electron chi connectivity index (χ2n) is 2.58. The Morgan fingerprint density at radius 1 is 1.69 bits per heavy atom. The van der Waals surface area contributed by atoms with E-state index >= 15 is 0 Å². The highest BCUT2D eigenvalue weighted by Crippen LogP contribution is 2.14. The van der Waals surface area contributed by atoms with Gasteiger partial charge in [0, 0.05) is 0 Å². The van der Waals surface area contributed by atoms with Crippen LogP contribution in [0.3, 0.4) is 0 Å². The second kappa shape index (κ2) is 5.21. The molecule has 74 valence electrons. The third kappa shape index (κ3) is 2.98. The first-order chi connectivity index (χ1) is 6.27. The van der Waals surface area contributed by atoms with Crippen molar-refractivity contribution in [3.8, 4) is 0 Å². The molecule has 0 unspecified atom stereocenters. The highest BCUT2D eigenvalue weighted by Gasteiger charge is 2.14. The summed E-state index contributed by atoms with van der Waals surface area (Å²) in [6.45, 7) is 0.404. The predicted octanol–water partition coefficient (Wildman–Crippen LogP) is 0.315. The molecule has 0 aliphatic carbocycles. The maximum Gasteiger partial charge on any atom is 0.255 e. The molecule has 0 aromatic carbocycles. The van der Waals surface area contributed by atoms with E-state index in [1.807, 2.05) is 6.26 Å². The maximum absolute atomic E-state index is 9.42. The minimum absolute atomic E-state index is 0.259. The topological polar surface area (TPSA) is 85.2 Å². The zero-order valence-corrected chi connectivity index (χ0v) is 8.25. The molecule has 0 bridgehead atoms. The van der Waals surface area contributed by atoms with E-state index in [1.165, 1.54) is 0 Å². The molecule has 6 heteroatoms. The van der Waals surface area contributed by atoms with E-state index in [9.17, 15) is 5.11 Å². The first-order valence-electron chi connectivity index (χ1n) is 3.97. The lowest BCUT2D eigenvalue weighted by atomic mass is 10.2. The van der Waals surface area contributed by atoms with Crippen molar-refractivity contribution >= 4 is 11.8 Å². The Labute approximate surface area is 80.7 Å². The van der Waals surface area contributed by atoms with E-state index in [0.29, 0.717) is 24.5 Å². The Kier molecular flexibility index (Phi) is 4.20. The molecule has 0 aliphatic rings. The van der Waals surface area contributed by atoms with Gasteiger partial charge in [0.2, 0.25) is 0 Å². The molecule has 1 aromatic heterocycles. The van der Waals surface area contributed by atoms with E-state index < -0.39 is 6.10 Å². The quantitative estimate of drug-likeness (QED) is 0.716. The Morgan fingerprint density at radius 3 is 3.08 bits per heavy atom. The minimum Gasteiger partial charge on any atom is -0.383 e. The number of aliphatic hydroxyl groups excluding tert-OH is 1. The molecule has 1 atom stereocenters. The fourth-order valence-corrected chi connectivity index (χ4v) is 1.25. The van der Waals surface area contributed by atoms with Crippen LogP contribution in [0.25, 0.3) is 0 Å². The molecule has 0 radical (unpaired) electrons. The van der Waals surface area contributed by atoms with Gasteiger partial charge in [-0.2, -0.15) is 16.7 Å². The number of nitrogens with two attached hydrogens (primary N) is 1. The van der Waals surface area contributed by atoms with Gasteiger partial charge in [-0.15, -0.1) is 0 Å². The molecule has 0 amide bonds. The summed E-state index contributed by atoms with van der Waals surface area (Å²) in [6.07, 6.45) is 1.67. The second-order valence-corrected chi connectivity index (χ2v) is 3.44. The van der Waals surface area contributed by atoms with Gasteiger partial charge in [0.05, 0.1) is 5.75 Å². The van der Waals surface area contributed by atoms with Crippen molar-refractivity contribution in [3.05, 3.63) is 11.7 Å². The highest BCUT2D eigenvalue weighted by molar-refractivity contribution is 7.97. The lowest BCUT2D eigenvalue weighted by Gasteiger charge is -2.00. The normalized spacial score (nSPS) is 13.2. The molecule has 1 aromatic rings. The van der Waals surface area contributed by atoms with Crippen molar-refractivity contribution in [2.24, 2.45) is 5.73 Å². The van der Waals surface area contributed by atoms with Crippen LogP contribution in [-0.4, -0.2) is 28.0 Å². The van der Waals surface area contributed by atoms with Crippen molar-refractivity contribution in [2.75, 3.05) is 12.8 Å². The van der Waals surface area contributed by atoms with Gasteiger partial charge in [-0.25, -0.2) is 0 Å². The highest BCUT2D eigenvalue weighted by atomic mass is 32.2. The number of rotatable bonds is 5. The third-order valence-electron chi connectivity index (χ3n) is 1.48. The summed E-state index contributed by atoms with van der Waals surface area (Å²) >= 11 is 1.60. The molecular weight excluding hydrogens is 190 g/mol. The molecule has 1 heterocycles. The number of hydrogen-bond acceptors (Lipinski definition) is 6. The largest absolute Gasteiger partial charge is 0.383 e. The monoisotopic (exact) mass is 203 g/mol. The number of aromatic nitrogens is 2. The number of aliphatic hydroxyl groups is 1. The summed E-state index contributed by atoms with van der Waals surface area (Å²) in [7, 11) is 0. The Hall–Kier alpha value is -0.590. The van der Waals surface area contributed by atoms with Gasteiger partial charge in [-0.1, -0.05) is 5.16 Å². The van der Waals surface area contributed by atoms with E-state index in [4.69, 9.17) is 10.3 Å². The summed E-state index contributed by atoms with van der Waals surface area (Å²) in [5, 5.41) is 13.1. The van der Waals surface area contributed by atoms with Gasteiger partial charge in [-0.05, 0) is 19.2 Å². The van der Waals surface area contributed by atoms with Gasteiger partial charge in [0.25, 0.3) is 5.89 Å². The lowest BCUT2D eigenvalue weighted by Crippen LogP contribution is -2.06. The fourth-order valence-electron chi connectivity index (χ4n) is 0.872. The summed E-state index contributed by atoms with van der Waals surface area (Å²) in [5.74, 6) is 1.56. The Balaban J connectivity index is 2.56. The van der Waals surface area contributed by atoms with Crippen molar-refractivity contribution < 1.29 is 9.63 Å². The fraction of sp³-hybridized carbons (Fsp3) is 0.714. The van der Waals surface area contributed by atoms with Crippen LogP contribution in [-0.2, 0) is 5.75 Å². The van der Waals surface area contributed by atoms with E-state index in [1.54, 1.807) is 11.8 Å². The molecule has 0 fully saturated rings. The average molecular weight is 203 g/mol. The van der Waals surface area contributed by atoms with Crippen molar-refractivity contribution in [1.82, 2.24) is 10.1 Å². The van der Waals surface area contributed by atoms with Crippen LogP contribution in [0.15, 0.2) is 4.52 Å². The standard InChI is InChI=1S/C7H13N3O2S/c1-13-4-6-9-7(12-10-6)5(11)2-3-8/h5,11H,2-4,8H2,1H3/t5-/m0/s1. The summed E-state index contributed by atoms with van der Waals surface area (Å²) in [6, 6.07) is 0. The van der Waals surface area contributed by atoms with Crippen LogP contribution in [0.2, 0.25) is 0 Å². The first-order valence-corrected chi connectivity index (χ1v) is 5.37. The molecule has 3 N–H and O–H groups in total.